The molecule has 0 saturated heterocycles. The minimum Gasteiger partial charge on any atom is -0.389 e. The number of hydrogen-bond acceptors (Lipinski definition) is 3. The summed E-state index contributed by atoms with van der Waals surface area (Å²) in [4.78, 5) is 0. The summed E-state index contributed by atoms with van der Waals surface area (Å²) >= 11 is 0. The average molecular weight is 303 g/mol. The summed E-state index contributed by atoms with van der Waals surface area (Å²) in [6, 6.07) is 4.68. The minimum atomic E-state index is -4.41. The molecule has 1 aliphatic rings. The van der Waals surface area contributed by atoms with Gasteiger partial charge in [-0.2, -0.15) is 13.2 Å². The van der Waals surface area contributed by atoms with E-state index in [0.717, 1.165) is 37.8 Å². The zero-order valence-corrected chi connectivity index (χ0v) is 11.7. The van der Waals surface area contributed by atoms with E-state index in [1.807, 2.05) is 0 Å². The Balaban J connectivity index is 1.90. The topological polar surface area (TPSA) is 52.5 Å². The second-order valence-electron chi connectivity index (χ2n) is 5.70. The lowest BCUT2D eigenvalue weighted by molar-refractivity contribution is -0.137. The SMILES string of the molecule is OC(CNCC1(O)CCCC1)c1cccc(C(F)(F)F)c1. The molecular formula is C15H20F3NO2. The average Bonchev–Trinajstić information content (AvgIpc) is 2.85. The van der Waals surface area contributed by atoms with Gasteiger partial charge >= 0.3 is 6.18 Å². The van der Waals surface area contributed by atoms with Gasteiger partial charge in [0.15, 0.2) is 0 Å². The van der Waals surface area contributed by atoms with Gasteiger partial charge in [-0.3, -0.25) is 0 Å². The molecule has 1 aromatic rings. The van der Waals surface area contributed by atoms with E-state index in [1.165, 1.54) is 12.1 Å². The molecule has 1 fully saturated rings. The van der Waals surface area contributed by atoms with E-state index in [9.17, 15) is 23.4 Å². The van der Waals surface area contributed by atoms with Gasteiger partial charge in [-0.15, -0.1) is 0 Å². The van der Waals surface area contributed by atoms with Crippen LogP contribution in [0.4, 0.5) is 13.2 Å². The van der Waals surface area contributed by atoms with Crippen LogP contribution in [0.15, 0.2) is 24.3 Å². The molecule has 0 heterocycles. The molecule has 3 N–H and O–H groups in total. The molecule has 0 radical (unpaired) electrons. The first-order valence-electron chi connectivity index (χ1n) is 7.08. The zero-order chi connectivity index (χ0) is 15.5. The molecule has 0 bridgehead atoms. The lowest BCUT2D eigenvalue weighted by Crippen LogP contribution is -2.39. The summed E-state index contributed by atoms with van der Waals surface area (Å²) in [6.07, 6.45) is -2.04. The number of benzene rings is 1. The Morgan fingerprint density at radius 1 is 1.24 bits per heavy atom. The van der Waals surface area contributed by atoms with Crippen LogP contribution in [-0.2, 0) is 6.18 Å². The van der Waals surface area contributed by atoms with Crippen LogP contribution in [0.25, 0.3) is 0 Å². The first-order valence-corrected chi connectivity index (χ1v) is 7.08. The quantitative estimate of drug-likeness (QED) is 0.784. The second-order valence-corrected chi connectivity index (χ2v) is 5.70. The monoisotopic (exact) mass is 303 g/mol. The van der Waals surface area contributed by atoms with E-state index < -0.39 is 23.4 Å². The van der Waals surface area contributed by atoms with Crippen molar-refractivity contribution in [2.45, 2.75) is 43.6 Å². The predicted octanol–water partition coefficient (Wildman–Crippen LogP) is 2.63. The molecule has 1 aliphatic carbocycles. The molecule has 21 heavy (non-hydrogen) atoms. The van der Waals surface area contributed by atoms with Crippen molar-refractivity contribution in [2.24, 2.45) is 0 Å². The second kappa shape index (κ2) is 6.34. The Morgan fingerprint density at radius 3 is 2.52 bits per heavy atom. The fraction of sp³-hybridized carbons (Fsp3) is 0.600. The van der Waals surface area contributed by atoms with Gasteiger partial charge < -0.3 is 15.5 Å². The van der Waals surface area contributed by atoms with Crippen molar-refractivity contribution in [3.05, 3.63) is 35.4 Å². The van der Waals surface area contributed by atoms with E-state index >= 15 is 0 Å². The molecule has 0 spiro atoms. The van der Waals surface area contributed by atoms with Crippen molar-refractivity contribution in [1.29, 1.82) is 0 Å². The van der Waals surface area contributed by atoms with Gasteiger partial charge in [-0.25, -0.2) is 0 Å². The molecule has 118 valence electrons. The smallest absolute Gasteiger partial charge is 0.389 e. The first kappa shape index (κ1) is 16.3. The van der Waals surface area contributed by atoms with Gasteiger partial charge in [0.05, 0.1) is 17.3 Å². The van der Waals surface area contributed by atoms with Crippen molar-refractivity contribution < 1.29 is 23.4 Å². The van der Waals surface area contributed by atoms with Gasteiger partial charge in [0.25, 0.3) is 0 Å². The van der Waals surface area contributed by atoms with E-state index in [2.05, 4.69) is 5.32 Å². The summed E-state index contributed by atoms with van der Waals surface area (Å²) in [5, 5.41) is 23.0. The summed E-state index contributed by atoms with van der Waals surface area (Å²) in [5.41, 5.74) is -1.29. The van der Waals surface area contributed by atoms with Crippen LogP contribution in [0, 0.1) is 0 Å². The van der Waals surface area contributed by atoms with Gasteiger partial charge in [-0.05, 0) is 30.5 Å². The Labute approximate surface area is 121 Å². The molecular weight excluding hydrogens is 283 g/mol. The Kier molecular flexibility index (Phi) is 4.91. The van der Waals surface area contributed by atoms with Gasteiger partial charge in [0.2, 0.25) is 0 Å². The number of hydrogen-bond donors (Lipinski definition) is 3. The maximum absolute atomic E-state index is 12.6. The molecule has 3 nitrogen and oxygen atoms in total. The van der Waals surface area contributed by atoms with Gasteiger partial charge in [0.1, 0.15) is 0 Å². The number of aliphatic hydroxyl groups is 2. The van der Waals surface area contributed by atoms with Crippen LogP contribution < -0.4 is 5.32 Å². The summed E-state index contributed by atoms with van der Waals surface area (Å²) in [7, 11) is 0. The van der Waals surface area contributed by atoms with Gasteiger partial charge in [0, 0.05) is 13.1 Å². The largest absolute Gasteiger partial charge is 0.416 e. The number of nitrogens with one attached hydrogen (secondary N) is 1. The molecule has 0 aromatic heterocycles. The normalized spacial score (nSPS) is 19.7. The molecule has 1 unspecified atom stereocenters. The molecule has 2 rings (SSSR count). The molecule has 1 aromatic carbocycles. The fourth-order valence-corrected chi connectivity index (χ4v) is 2.69. The maximum atomic E-state index is 12.6. The number of rotatable bonds is 5. The third-order valence-corrected chi connectivity index (χ3v) is 3.92. The Morgan fingerprint density at radius 2 is 1.90 bits per heavy atom. The summed E-state index contributed by atoms with van der Waals surface area (Å²) in [6.45, 7) is 0.465. The number of alkyl halides is 3. The highest BCUT2D eigenvalue weighted by Crippen LogP contribution is 2.31. The van der Waals surface area contributed by atoms with Crippen molar-refractivity contribution in [3.8, 4) is 0 Å². The first-order chi connectivity index (χ1) is 9.80. The van der Waals surface area contributed by atoms with Crippen LogP contribution >= 0.6 is 0 Å². The molecule has 0 amide bonds. The van der Waals surface area contributed by atoms with E-state index in [4.69, 9.17) is 0 Å². The lowest BCUT2D eigenvalue weighted by atomic mass is 10.0. The lowest BCUT2D eigenvalue weighted by Gasteiger charge is -2.23. The summed E-state index contributed by atoms with van der Waals surface area (Å²) in [5.74, 6) is 0. The van der Waals surface area contributed by atoms with Crippen LogP contribution in [0.1, 0.15) is 42.9 Å². The van der Waals surface area contributed by atoms with Crippen molar-refractivity contribution in [3.63, 3.8) is 0 Å². The van der Waals surface area contributed by atoms with Gasteiger partial charge in [-0.1, -0.05) is 25.0 Å². The van der Waals surface area contributed by atoms with Crippen molar-refractivity contribution >= 4 is 0 Å². The number of aliphatic hydroxyl groups excluding tert-OH is 1. The fourth-order valence-electron chi connectivity index (χ4n) is 2.69. The Bertz CT molecular complexity index is 470. The maximum Gasteiger partial charge on any atom is 0.416 e. The summed E-state index contributed by atoms with van der Waals surface area (Å²) < 4.78 is 37.8. The zero-order valence-electron chi connectivity index (χ0n) is 11.7. The molecule has 1 saturated carbocycles. The van der Waals surface area contributed by atoms with Crippen LogP contribution in [0.5, 0.6) is 0 Å². The van der Waals surface area contributed by atoms with E-state index in [0.29, 0.717) is 6.54 Å². The third-order valence-electron chi connectivity index (χ3n) is 3.92. The molecule has 1 atom stereocenters. The Hall–Kier alpha value is -1.11. The third kappa shape index (κ3) is 4.43. The van der Waals surface area contributed by atoms with E-state index in [1.54, 1.807) is 0 Å². The van der Waals surface area contributed by atoms with Crippen LogP contribution in [0.2, 0.25) is 0 Å². The highest BCUT2D eigenvalue weighted by atomic mass is 19.4. The molecule has 0 aliphatic heterocycles. The van der Waals surface area contributed by atoms with E-state index in [-0.39, 0.29) is 12.1 Å². The highest BCUT2D eigenvalue weighted by Gasteiger charge is 2.32. The van der Waals surface area contributed by atoms with Crippen molar-refractivity contribution in [1.82, 2.24) is 5.32 Å². The number of halogens is 3. The molecule has 6 heteroatoms. The van der Waals surface area contributed by atoms with Crippen LogP contribution in [0.3, 0.4) is 0 Å². The van der Waals surface area contributed by atoms with Crippen LogP contribution in [-0.4, -0.2) is 28.9 Å². The standard InChI is InChI=1S/C15H20F3NO2/c16-15(17,18)12-5-3-4-11(8-12)13(20)9-19-10-14(21)6-1-2-7-14/h3-5,8,13,19-21H,1-2,6-7,9-10H2. The minimum absolute atomic E-state index is 0.115. The predicted molar refractivity (Wildman–Crippen MR) is 72.7 cm³/mol. The highest BCUT2D eigenvalue weighted by molar-refractivity contribution is 5.27. The van der Waals surface area contributed by atoms with Crippen molar-refractivity contribution in [2.75, 3.05) is 13.1 Å².